The molecule has 0 bridgehead atoms. The molecule has 0 spiro atoms. The van der Waals surface area contributed by atoms with Crippen LogP contribution in [0, 0.1) is 0 Å². The Balaban J connectivity index is 3.91. The van der Waals surface area contributed by atoms with E-state index in [4.69, 9.17) is 4.74 Å². The zero-order chi connectivity index (χ0) is 10.8. The normalized spacial score (nSPS) is 11.5. The molecule has 0 amide bonds. The molecule has 14 heavy (non-hydrogen) atoms. The Hall–Kier alpha value is -0.310. The van der Waals surface area contributed by atoms with Gasteiger partial charge in [-0.3, -0.25) is 0 Å². The Morgan fingerprint density at radius 1 is 1.36 bits per heavy atom. The zero-order valence-corrected chi connectivity index (χ0v) is 10.6. The lowest BCUT2D eigenvalue weighted by Crippen LogP contribution is -2.01. The first-order valence-electron chi connectivity index (χ1n) is 5.16. The van der Waals surface area contributed by atoms with Crippen molar-refractivity contribution in [3.63, 3.8) is 0 Å². The van der Waals surface area contributed by atoms with Gasteiger partial charge in [-0.05, 0) is 19.8 Å². The Morgan fingerprint density at radius 3 is 2.57 bits per heavy atom. The van der Waals surface area contributed by atoms with Gasteiger partial charge in [-0.15, -0.1) is 0 Å². The molecule has 0 aromatic carbocycles. The average molecular weight is 263 g/mol. The molecule has 3 heteroatoms. The molecule has 0 fully saturated rings. The summed E-state index contributed by atoms with van der Waals surface area (Å²) in [6.45, 7) is 4.43. The van der Waals surface area contributed by atoms with E-state index in [0.29, 0.717) is 6.61 Å². The first-order valence-corrected chi connectivity index (χ1v) is 6.28. The second-order valence-electron chi connectivity index (χ2n) is 3.15. The molecule has 0 saturated heterocycles. The Kier molecular flexibility index (Phi) is 9.05. The molecular weight excluding hydrogens is 244 g/mol. The van der Waals surface area contributed by atoms with Crippen LogP contribution in [0.2, 0.25) is 0 Å². The number of esters is 1. The van der Waals surface area contributed by atoms with E-state index in [2.05, 4.69) is 22.9 Å². The van der Waals surface area contributed by atoms with Gasteiger partial charge >= 0.3 is 5.97 Å². The molecule has 0 heterocycles. The molecule has 82 valence electrons. The highest BCUT2D eigenvalue weighted by molar-refractivity contribution is 9.09. The molecular formula is C11H19BrO2. The molecule has 0 aromatic heterocycles. The first-order chi connectivity index (χ1) is 6.74. The Labute approximate surface area is 94.8 Å². The summed E-state index contributed by atoms with van der Waals surface area (Å²) in [5.41, 5.74) is 1.12. The molecule has 0 aliphatic carbocycles. The molecule has 2 nitrogen and oxygen atoms in total. The topological polar surface area (TPSA) is 26.3 Å². The number of ether oxygens (including phenoxy) is 1. The Morgan fingerprint density at radius 2 is 2.07 bits per heavy atom. The minimum absolute atomic E-state index is 0.224. The number of allylic oxidation sites excluding steroid dienone is 1. The summed E-state index contributed by atoms with van der Waals surface area (Å²) in [7, 11) is 0. The molecule has 0 saturated carbocycles. The largest absolute Gasteiger partial charge is 0.463 e. The number of carbonyl (C=O) groups excluding carboxylic acids is 1. The van der Waals surface area contributed by atoms with Crippen molar-refractivity contribution < 1.29 is 9.53 Å². The van der Waals surface area contributed by atoms with E-state index >= 15 is 0 Å². The number of hydrogen-bond acceptors (Lipinski definition) is 2. The maximum Gasteiger partial charge on any atom is 0.330 e. The molecule has 0 atom stereocenters. The number of hydrogen-bond donors (Lipinski definition) is 0. The van der Waals surface area contributed by atoms with Crippen LogP contribution in [0.25, 0.3) is 0 Å². The third-order valence-corrected chi connectivity index (χ3v) is 2.60. The highest BCUT2D eigenvalue weighted by atomic mass is 79.9. The molecule has 0 aliphatic heterocycles. The van der Waals surface area contributed by atoms with Crippen LogP contribution in [-0.4, -0.2) is 17.9 Å². The van der Waals surface area contributed by atoms with E-state index in [1.165, 1.54) is 12.8 Å². The van der Waals surface area contributed by atoms with Crippen LogP contribution in [0.4, 0.5) is 0 Å². The molecule has 0 rings (SSSR count). The fourth-order valence-corrected chi connectivity index (χ4v) is 1.57. The summed E-state index contributed by atoms with van der Waals surface area (Å²) in [5.74, 6) is -0.224. The van der Waals surface area contributed by atoms with E-state index in [1.807, 2.05) is 6.92 Å². The fraction of sp³-hybridized carbons (Fsp3) is 0.727. The second-order valence-corrected chi connectivity index (χ2v) is 3.71. The number of carbonyl (C=O) groups is 1. The molecule has 0 aliphatic rings. The summed E-state index contributed by atoms with van der Waals surface area (Å²) < 4.78 is 4.84. The zero-order valence-electron chi connectivity index (χ0n) is 9.01. The van der Waals surface area contributed by atoms with Crippen molar-refractivity contribution in [1.29, 1.82) is 0 Å². The van der Waals surface area contributed by atoms with Crippen LogP contribution in [0.3, 0.4) is 0 Å². The lowest BCUT2D eigenvalue weighted by Gasteiger charge is -2.03. The summed E-state index contributed by atoms with van der Waals surface area (Å²) in [6, 6.07) is 0. The van der Waals surface area contributed by atoms with Crippen molar-refractivity contribution in [3.05, 3.63) is 11.6 Å². The molecule has 0 radical (unpaired) electrons. The summed E-state index contributed by atoms with van der Waals surface area (Å²) in [6.07, 6.45) is 6.15. The maximum absolute atomic E-state index is 11.1. The lowest BCUT2D eigenvalue weighted by molar-refractivity contribution is -0.137. The molecule has 0 unspecified atom stereocenters. The van der Waals surface area contributed by atoms with Crippen molar-refractivity contribution in [2.24, 2.45) is 0 Å². The quantitative estimate of drug-likeness (QED) is 0.304. The van der Waals surface area contributed by atoms with Gasteiger partial charge in [0, 0.05) is 11.4 Å². The van der Waals surface area contributed by atoms with Gasteiger partial charge in [0.1, 0.15) is 0 Å². The van der Waals surface area contributed by atoms with Gasteiger partial charge in [0.2, 0.25) is 0 Å². The highest BCUT2D eigenvalue weighted by Gasteiger charge is 2.01. The monoisotopic (exact) mass is 262 g/mol. The van der Waals surface area contributed by atoms with Crippen LogP contribution in [-0.2, 0) is 9.53 Å². The van der Waals surface area contributed by atoms with Gasteiger partial charge < -0.3 is 4.74 Å². The minimum atomic E-state index is -0.224. The number of halogens is 1. The van der Waals surface area contributed by atoms with Crippen LogP contribution in [0.5, 0.6) is 0 Å². The summed E-state index contributed by atoms with van der Waals surface area (Å²) >= 11 is 3.37. The molecule has 0 N–H and O–H groups in total. The van der Waals surface area contributed by atoms with Crippen molar-refractivity contribution >= 4 is 21.9 Å². The fourth-order valence-electron chi connectivity index (χ4n) is 1.13. The van der Waals surface area contributed by atoms with Crippen LogP contribution in [0.1, 0.15) is 39.5 Å². The lowest BCUT2D eigenvalue weighted by atomic mass is 10.1. The smallest absolute Gasteiger partial charge is 0.330 e. The van der Waals surface area contributed by atoms with Crippen LogP contribution in [0.15, 0.2) is 11.6 Å². The number of unbranched alkanes of at least 4 members (excludes halogenated alkanes) is 2. The second kappa shape index (κ2) is 9.25. The van der Waals surface area contributed by atoms with Gasteiger partial charge in [0.05, 0.1) is 6.61 Å². The van der Waals surface area contributed by atoms with Gasteiger partial charge in [-0.2, -0.15) is 0 Å². The van der Waals surface area contributed by atoms with Crippen molar-refractivity contribution in [1.82, 2.24) is 0 Å². The third-order valence-electron chi connectivity index (χ3n) is 1.88. The average Bonchev–Trinajstić information content (AvgIpc) is 2.17. The predicted octanol–water partition coefficient (Wildman–Crippen LogP) is 3.45. The van der Waals surface area contributed by atoms with Crippen molar-refractivity contribution in [3.8, 4) is 0 Å². The van der Waals surface area contributed by atoms with Gasteiger partial charge in [-0.1, -0.05) is 41.3 Å². The minimum Gasteiger partial charge on any atom is -0.463 e. The molecule has 0 aromatic rings. The highest BCUT2D eigenvalue weighted by Crippen LogP contribution is 2.11. The van der Waals surface area contributed by atoms with Gasteiger partial charge in [-0.25, -0.2) is 4.79 Å². The summed E-state index contributed by atoms with van der Waals surface area (Å²) in [4.78, 5) is 11.1. The van der Waals surface area contributed by atoms with E-state index in [-0.39, 0.29) is 5.97 Å². The summed E-state index contributed by atoms with van der Waals surface area (Å²) in [5, 5.41) is 0.759. The predicted molar refractivity (Wildman–Crippen MR) is 62.7 cm³/mol. The van der Waals surface area contributed by atoms with Gasteiger partial charge in [0.25, 0.3) is 0 Å². The van der Waals surface area contributed by atoms with Crippen LogP contribution >= 0.6 is 15.9 Å². The SMILES string of the molecule is CCCCCC(=CC(=O)OCC)CBr. The standard InChI is InChI=1S/C11H19BrO2/c1-3-5-6-7-10(9-12)8-11(13)14-4-2/h8H,3-7,9H2,1-2H3. The van der Waals surface area contributed by atoms with E-state index in [0.717, 1.165) is 23.7 Å². The van der Waals surface area contributed by atoms with E-state index in [1.54, 1.807) is 6.08 Å². The number of alkyl halides is 1. The van der Waals surface area contributed by atoms with E-state index < -0.39 is 0 Å². The van der Waals surface area contributed by atoms with Crippen LogP contribution < -0.4 is 0 Å². The first kappa shape index (κ1) is 13.7. The van der Waals surface area contributed by atoms with Gasteiger partial charge in [0.15, 0.2) is 0 Å². The maximum atomic E-state index is 11.1. The van der Waals surface area contributed by atoms with E-state index in [9.17, 15) is 4.79 Å². The van der Waals surface area contributed by atoms with Crippen molar-refractivity contribution in [2.45, 2.75) is 39.5 Å². The third kappa shape index (κ3) is 7.13. The number of rotatable bonds is 7. The Bertz CT molecular complexity index is 188. The van der Waals surface area contributed by atoms with Crippen molar-refractivity contribution in [2.75, 3.05) is 11.9 Å².